The molecule has 0 aliphatic rings. The van der Waals surface area contributed by atoms with Crippen molar-refractivity contribution in [3.8, 4) is 165 Å². The van der Waals surface area contributed by atoms with Crippen molar-refractivity contribution in [2.24, 2.45) is 0 Å². The SMILES string of the molecule is [C-]#[N+]c1cccc(C(F)(F)F)c1-c1cc(-n2c3ccc(-c4nc(-c5ccccc5)nc(-c5ccccc5)n4)cc3c3cc(-c4nc(-c5ccccc5)nc(-c5ccccc5)n4)ccc32)c(-n2c3ccc(-c4nc(-c5ccccc5)nc(-c5ccccc5)n4)cc3c3cc(-c4nc(-c5ccccc5)nc(-c5ccccc5)n4)ccc32)cc1C#N. The van der Waals surface area contributed by atoms with E-state index in [1.54, 1.807) is 12.1 Å². The highest BCUT2D eigenvalue weighted by Gasteiger charge is 2.36. The molecule has 6 heterocycles. The lowest BCUT2D eigenvalue weighted by Gasteiger charge is -2.21. The van der Waals surface area contributed by atoms with E-state index in [1.807, 2.05) is 325 Å². The van der Waals surface area contributed by atoms with Crippen LogP contribution in [-0.4, -0.2) is 68.9 Å². The number of hydrogen-bond donors (Lipinski definition) is 0. The molecule has 554 valence electrons. The highest BCUT2D eigenvalue weighted by atomic mass is 19.4. The van der Waals surface area contributed by atoms with Gasteiger partial charge in [0.15, 0.2) is 75.6 Å². The van der Waals surface area contributed by atoms with Gasteiger partial charge in [-0.05, 0) is 90.5 Å². The van der Waals surface area contributed by atoms with Crippen LogP contribution in [0.25, 0.3) is 208 Å². The standard InChI is InChI=1S/C99H57F3N16/c1-104-79-44-26-43-78(99(100,101)102)86(79)73-58-85(118-82-51-47-70(97-113-91(64-35-18-6-19-36-64)107-92(114-97)65-37-20-7-21-38-65)55-76(82)77-56-71(48-52-83(77)118)98-115-93(66-39-22-8-23-40-66)108-94(116-98)67-41-24-9-25-42-67)84(57-72(73)59-103)117-80-49-45-68(95-109-87(60-27-10-2-11-28-60)105-88(110-95)61-29-12-3-13-30-61)53-74(80)75-54-69(46-50-81(75)117)96-111-89(62-31-14-4-15-32-62)106-90(112-96)63-33-16-5-17-34-63/h2-58H. The summed E-state index contributed by atoms with van der Waals surface area (Å²) in [7, 11) is 0. The number of halogens is 3. The maximum Gasteiger partial charge on any atom is 0.415 e. The fraction of sp³-hybridized carbons (Fsp3) is 0.0101. The average Bonchev–Trinajstić information content (AvgIpc) is 1.55. The summed E-state index contributed by atoms with van der Waals surface area (Å²) in [5, 5.41) is 14.5. The maximum absolute atomic E-state index is 16.1. The summed E-state index contributed by atoms with van der Waals surface area (Å²) in [5.74, 6) is 5.02. The van der Waals surface area contributed by atoms with Gasteiger partial charge in [-0.1, -0.05) is 261 Å². The monoisotopic (exact) mass is 1530 g/mol. The van der Waals surface area contributed by atoms with Crippen molar-refractivity contribution in [1.29, 1.82) is 5.26 Å². The Morgan fingerprint density at radius 2 is 0.492 bits per heavy atom. The molecule has 118 heavy (non-hydrogen) atoms. The van der Waals surface area contributed by atoms with Gasteiger partial charge in [-0.15, -0.1) is 0 Å². The van der Waals surface area contributed by atoms with Crippen LogP contribution in [0.5, 0.6) is 0 Å². The lowest BCUT2D eigenvalue weighted by molar-refractivity contribution is -0.137. The molecule has 0 bridgehead atoms. The first-order valence-electron chi connectivity index (χ1n) is 37.8. The lowest BCUT2D eigenvalue weighted by Crippen LogP contribution is -2.09. The van der Waals surface area contributed by atoms with Gasteiger partial charge in [0.2, 0.25) is 0 Å². The number of nitrogens with zero attached hydrogens (tertiary/aromatic N) is 16. The Morgan fingerprint density at radius 3 is 0.712 bits per heavy atom. The zero-order chi connectivity index (χ0) is 79.4. The van der Waals surface area contributed by atoms with E-state index >= 15 is 13.2 Å². The van der Waals surface area contributed by atoms with Crippen LogP contribution in [0, 0.1) is 17.9 Å². The number of rotatable bonds is 15. The summed E-state index contributed by atoms with van der Waals surface area (Å²) in [4.78, 5) is 65.5. The van der Waals surface area contributed by atoms with Gasteiger partial charge in [-0.3, -0.25) is 0 Å². The fourth-order valence-electron chi connectivity index (χ4n) is 15.3. The molecular formula is C99H57F3N16. The van der Waals surface area contributed by atoms with Crippen LogP contribution in [-0.2, 0) is 6.18 Å². The normalized spacial score (nSPS) is 11.5. The van der Waals surface area contributed by atoms with Crippen LogP contribution in [0.3, 0.4) is 0 Å². The molecule has 0 unspecified atom stereocenters. The van der Waals surface area contributed by atoms with Crippen molar-refractivity contribution < 1.29 is 13.2 Å². The zero-order valence-corrected chi connectivity index (χ0v) is 62.2. The Kier molecular flexibility index (Phi) is 17.7. The third-order valence-corrected chi connectivity index (χ3v) is 20.8. The van der Waals surface area contributed by atoms with Gasteiger partial charge in [-0.25, -0.2) is 64.7 Å². The molecule has 19 heteroatoms. The molecule has 20 rings (SSSR count). The van der Waals surface area contributed by atoms with E-state index in [0.717, 1.165) is 50.6 Å². The molecule has 0 saturated carbocycles. The Labute approximate surface area is 672 Å². The molecule has 0 radical (unpaired) electrons. The number of benzene rings is 14. The molecule has 0 fully saturated rings. The van der Waals surface area contributed by atoms with E-state index in [4.69, 9.17) is 66.4 Å². The molecule has 0 aliphatic carbocycles. The van der Waals surface area contributed by atoms with E-state index in [2.05, 4.69) is 10.9 Å². The summed E-state index contributed by atoms with van der Waals surface area (Å²) < 4.78 is 52.2. The molecule has 0 N–H and O–H groups in total. The molecule has 0 amide bonds. The lowest BCUT2D eigenvalue weighted by atomic mass is 9.92. The zero-order valence-electron chi connectivity index (χ0n) is 62.2. The van der Waals surface area contributed by atoms with Gasteiger partial charge in [0, 0.05) is 93.9 Å². The Morgan fingerprint density at radius 1 is 0.263 bits per heavy atom. The van der Waals surface area contributed by atoms with Gasteiger partial charge < -0.3 is 9.13 Å². The van der Waals surface area contributed by atoms with Crippen molar-refractivity contribution in [2.45, 2.75) is 6.18 Å². The van der Waals surface area contributed by atoms with Gasteiger partial charge >= 0.3 is 6.18 Å². The molecular weight excluding hydrogens is 1470 g/mol. The minimum Gasteiger partial charge on any atom is -0.307 e. The fourth-order valence-corrected chi connectivity index (χ4v) is 15.3. The van der Waals surface area contributed by atoms with Crippen LogP contribution in [0.1, 0.15) is 11.1 Å². The van der Waals surface area contributed by atoms with Crippen LogP contribution in [0.15, 0.2) is 346 Å². The van der Waals surface area contributed by atoms with E-state index in [-0.39, 0.29) is 16.8 Å². The number of hydrogen-bond acceptors (Lipinski definition) is 13. The van der Waals surface area contributed by atoms with Gasteiger partial charge in [0.25, 0.3) is 0 Å². The van der Waals surface area contributed by atoms with Crippen molar-refractivity contribution in [3.63, 3.8) is 0 Å². The first-order valence-corrected chi connectivity index (χ1v) is 37.8. The summed E-state index contributed by atoms with van der Waals surface area (Å²) in [6.07, 6.45) is -4.99. The molecule has 14 aromatic carbocycles. The molecule has 0 spiro atoms. The van der Waals surface area contributed by atoms with Crippen LogP contribution in [0.4, 0.5) is 18.9 Å². The Balaban J connectivity index is 0.894. The molecule has 6 aromatic heterocycles. The molecule has 16 nitrogen and oxygen atoms in total. The predicted octanol–water partition coefficient (Wildman–Crippen LogP) is 23.7. The quantitative estimate of drug-likeness (QED) is 0.0881. The topological polar surface area (TPSA) is 193 Å². The van der Waals surface area contributed by atoms with E-state index < -0.39 is 17.3 Å². The van der Waals surface area contributed by atoms with Gasteiger partial charge in [0.05, 0.1) is 57.2 Å². The van der Waals surface area contributed by atoms with Crippen molar-refractivity contribution in [2.75, 3.05) is 0 Å². The average molecular weight is 1530 g/mol. The highest BCUT2D eigenvalue weighted by molar-refractivity contribution is 6.14. The second-order valence-corrected chi connectivity index (χ2v) is 28.1. The summed E-state index contributed by atoms with van der Waals surface area (Å²) in [5.41, 5.74) is 9.55. The molecule has 0 atom stereocenters. The number of alkyl halides is 3. The van der Waals surface area contributed by atoms with Crippen molar-refractivity contribution in [1.82, 2.24) is 68.9 Å². The van der Waals surface area contributed by atoms with Crippen LogP contribution < -0.4 is 0 Å². The number of nitriles is 1. The van der Waals surface area contributed by atoms with E-state index in [1.165, 1.54) is 12.1 Å². The maximum atomic E-state index is 16.1. The smallest absolute Gasteiger partial charge is 0.307 e. The van der Waals surface area contributed by atoms with E-state index in [9.17, 15) is 5.26 Å². The van der Waals surface area contributed by atoms with Gasteiger partial charge in [0.1, 0.15) is 0 Å². The number of fused-ring (bicyclic) bond motifs is 6. The van der Waals surface area contributed by atoms with E-state index in [0.29, 0.717) is 147 Å². The molecule has 0 aliphatic heterocycles. The van der Waals surface area contributed by atoms with Crippen LogP contribution >= 0.6 is 0 Å². The minimum atomic E-state index is -4.99. The largest absolute Gasteiger partial charge is 0.415 e. The Hall–Kier alpha value is -16.5. The summed E-state index contributed by atoms with van der Waals surface area (Å²) in [6.45, 7) is 8.53. The highest BCUT2D eigenvalue weighted by Crippen LogP contribution is 2.49. The summed E-state index contributed by atoms with van der Waals surface area (Å²) >= 11 is 0. The van der Waals surface area contributed by atoms with Crippen molar-refractivity contribution in [3.05, 3.63) is 368 Å². The third-order valence-electron chi connectivity index (χ3n) is 20.8. The second-order valence-electron chi connectivity index (χ2n) is 28.1. The molecule has 0 saturated heterocycles. The minimum absolute atomic E-state index is 0.135. The third kappa shape index (κ3) is 13.1. The van der Waals surface area contributed by atoms with Crippen LogP contribution in [0.2, 0.25) is 0 Å². The van der Waals surface area contributed by atoms with Gasteiger partial charge in [-0.2, -0.15) is 18.4 Å². The second kappa shape index (κ2) is 29.5. The van der Waals surface area contributed by atoms with Crippen molar-refractivity contribution >= 4 is 49.3 Å². The number of aromatic nitrogens is 14. The Bertz CT molecular complexity index is 6810. The molecule has 20 aromatic rings. The first-order chi connectivity index (χ1) is 58.0. The summed E-state index contributed by atoms with van der Waals surface area (Å²) in [6, 6.07) is 110. The first kappa shape index (κ1) is 70.6. The predicted molar refractivity (Wildman–Crippen MR) is 455 cm³/mol.